The molecule has 0 aliphatic heterocycles. The Balaban J connectivity index is 2.36. The Morgan fingerprint density at radius 1 is 1.37 bits per heavy atom. The van der Waals surface area contributed by atoms with Gasteiger partial charge in [-0.1, -0.05) is 0 Å². The molecule has 0 aliphatic carbocycles. The number of ether oxygens (including phenoxy) is 1. The topological polar surface area (TPSA) is 109 Å². The van der Waals surface area contributed by atoms with Crippen LogP contribution in [0.5, 0.6) is 5.88 Å². The molecule has 0 aromatic carbocycles. The third-order valence-corrected chi connectivity index (χ3v) is 2.30. The number of hydrogen-bond acceptors (Lipinski definition) is 5. The van der Waals surface area contributed by atoms with E-state index in [1.165, 1.54) is 10.7 Å². The van der Waals surface area contributed by atoms with E-state index in [1.54, 1.807) is 18.3 Å². The summed E-state index contributed by atoms with van der Waals surface area (Å²) in [5, 5.41) is 4.01. The average Bonchev–Trinajstić information content (AvgIpc) is 2.81. The fourth-order valence-corrected chi connectivity index (χ4v) is 1.47. The predicted molar refractivity (Wildman–Crippen MR) is 70.1 cm³/mol. The lowest BCUT2D eigenvalue weighted by Gasteiger charge is -2.12. The van der Waals surface area contributed by atoms with Crippen molar-refractivity contribution in [3.8, 4) is 11.7 Å². The molecule has 4 N–H and O–H groups in total. The lowest BCUT2D eigenvalue weighted by Crippen LogP contribution is -2.13. The lowest BCUT2D eigenvalue weighted by molar-refractivity contribution is 0.0995. The van der Waals surface area contributed by atoms with Crippen LogP contribution in [0, 0.1) is 0 Å². The maximum atomic E-state index is 11.0. The summed E-state index contributed by atoms with van der Waals surface area (Å²) >= 11 is 0. The number of carbonyl (C=O) groups excluding carboxylic acids is 1. The van der Waals surface area contributed by atoms with E-state index in [1.807, 2.05) is 13.8 Å². The summed E-state index contributed by atoms with van der Waals surface area (Å²) in [5.41, 5.74) is 11.5. The number of nitrogens with two attached hydrogens (primary N) is 2. The fourth-order valence-electron chi connectivity index (χ4n) is 1.47. The van der Waals surface area contributed by atoms with Gasteiger partial charge < -0.3 is 16.2 Å². The summed E-state index contributed by atoms with van der Waals surface area (Å²) in [6, 6.07) is 4.87. The van der Waals surface area contributed by atoms with Crippen LogP contribution in [0.1, 0.15) is 24.3 Å². The van der Waals surface area contributed by atoms with Gasteiger partial charge in [-0.15, -0.1) is 0 Å². The van der Waals surface area contributed by atoms with Gasteiger partial charge in [0.05, 0.1) is 11.8 Å². The smallest absolute Gasteiger partial charge is 0.269 e. The number of primary amides is 1. The van der Waals surface area contributed by atoms with Gasteiger partial charge in [0.15, 0.2) is 5.82 Å². The summed E-state index contributed by atoms with van der Waals surface area (Å²) in [5.74, 6) is 0.244. The minimum atomic E-state index is -0.590. The van der Waals surface area contributed by atoms with Crippen molar-refractivity contribution < 1.29 is 9.53 Å². The van der Waals surface area contributed by atoms with Crippen LogP contribution in [0.2, 0.25) is 0 Å². The molecule has 7 heteroatoms. The Bertz CT molecular complexity index is 606. The summed E-state index contributed by atoms with van der Waals surface area (Å²) in [4.78, 5) is 15.2. The zero-order valence-corrected chi connectivity index (χ0v) is 10.7. The number of nitrogen functional groups attached to an aromatic ring is 1. The molecular weight excluding hydrogens is 246 g/mol. The Morgan fingerprint density at radius 3 is 2.68 bits per heavy atom. The van der Waals surface area contributed by atoms with E-state index in [-0.39, 0.29) is 11.8 Å². The van der Waals surface area contributed by atoms with Crippen molar-refractivity contribution in [3.05, 3.63) is 30.1 Å². The first-order valence-corrected chi connectivity index (χ1v) is 5.76. The zero-order valence-electron chi connectivity index (χ0n) is 10.7. The van der Waals surface area contributed by atoms with Crippen molar-refractivity contribution in [2.75, 3.05) is 5.73 Å². The Hall–Kier alpha value is -2.57. The van der Waals surface area contributed by atoms with Crippen molar-refractivity contribution in [1.82, 2.24) is 14.8 Å². The number of aromatic nitrogens is 3. The third kappa shape index (κ3) is 2.82. The largest absolute Gasteiger partial charge is 0.473 e. The van der Waals surface area contributed by atoms with E-state index in [4.69, 9.17) is 16.2 Å². The second-order valence-electron chi connectivity index (χ2n) is 4.24. The monoisotopic (exact) mass is 261 g/mol. The highest BCUT2D eigenvalue weighted by molar-refractivity contribution is 5.90. The number of rotatable bonds is 4. The van der Waals surface area contributed by atoms with Crippen molar-refractivity contribution in [2.24, 2.45) is 5.73 Å². The van der Waals surface area contributed by atoms with E-state index < -0.39 is 5.91 Å². The molecule has 19 heavy (non-hydrogen) atoms. The average molecular weight is 261 g/mol. The van der Waals surface area contributed by atoms with Gasteiger partial charge in [0, 0.05) is 6.20 Å². The van der Waals surface area contributed by atoms with Gasteiger partial charge in [-0.2, -0.15) is 10.1 Å². The van der Waals surface area contributed by atoms with Gasteiger partial charge in [-0.3, -0.25) is 4.79 Å². The van der Waals surface area contributed by atoms with Crippen LogP contribution in [-0.4, -0.2) is 26.8 Å². The van der Waals surface area contributed by atoms with Crippen molar-refractivity contribution >= 4 is 11.6 Å². The molecule has 0 fully saturated rings. The fraction of sp³-hybridized carbons (Fsp3) is 0.250. The number of carbonyl (C=O) groups is 1. The van der Waals surface area contributed by atoms with Crippen LogP contribution >= 0.6 is 0 Å². The molecule has 0 spiro atoms. The van der Waals surface area contributed by atoms with E-state index in [9.17, 15) is 4.79 Å². The summed E-state index contributed by atoms with van der Waals surface area (Å²) in [7, 11) is 0. The number of hydrogen-bond donors (Lipinski definition) is 2. The molecule has 2 heterocycles. The Morgan fingerprint density at radius 2 is 2.11 bits per heavy atom. The van der Waals surface area contributed by atoms with Gasteiger partial charge in [-0.05, 0) is 32.0 Å². The van der Waals surface area contributed by atoms with E-state index in [2.05, 4.69) is 10.1 Å². The predicted octanol–water partition coefficient (Wildman–Crippen LogP) is 0.736. The highest BCUT2D eigenvalue weighted by Crippen LogP contribution is 2.21. The first-order chi connectivity index (χ1) is 8.97. The number of anilines is 1. The van der Waals surface area contributed by atoms with E-state index >= 15 is 0 Å². The molecule has 0 saturated carbocycles. The van der Waals surface area contributed by atoms with Crippen molar-refractivity contribution in [1.29, 1.82) is 0 Å². The van der Waals surface area contributed by atoms with Crippen LogP contribution in [0.4, 0.5) is 5.69 Å². The highest BCUT2D eigenvalue weighted by Gasteiger charge is 2.10. The molecule has 2 rings (SSSR count). The Kier molecular flexibility index (Phi) is 3.37. The second kappa shape index (κ2) is 4.97. The summed E-state index contributed by atoms with van der Waals surface area (Å²) < 4.78 is 6.93. The molecule has 2 aromatic heterocycles. The van der Waals surface area contributed by atoms with Gasteiger partial charge >= 0.3 is 0 Å². The van der Waals surface area contributed by atoms with E-state index in [0.29, 0.717) is 17.4 Å². The SMILES string of the molecule is CC(C)Oc1nc(-n2ccc(C(N)=O)n2)ccc1N. The van der Waals surface area contributed by atoms with Crippen molar-refractivity contribution in [2.45, 2.75) is 20.0 Å². The Labute approximate surface area is 110 Å². The minimum Gasteiger partial charge on any atom is -0.473 e. The normalized spacial score (nSPS) is 10.7. The number of amides is 1. The van der Waals surface area contributed by atoms with Crippen molar-refractivity contribution in [3.63, 3.8) is 0 Å². The molecule has 100 valence electrons. The van der Waals surface area contributed by atoms with Crippen LogP contribution < -0.4 is 16.2 Å². The molecule has 1 amide bonds. The van der Waals surface area contributed by atoms with Gasteiger partial charge in [0.2, 0.25) is 5.88 Å². The minimum absolute atomic E-state index is 0.0381. The molecule has 0 radical (unpaired) electrons. The van der Waals surface area contributed by atoms with Gasteiger partial charge in [-0.25, -0.2) is 4.68 Å². The maximum absolute atomic E-state index is 11.0. The molecule has 0 aliphatic rings. The molecule has 7 nitrogen and oxygen atoms in total. The second-order valence-corrected chi connectivity index (χ2v) is 4.24. The summed E-state index contributed by atoms with van der Waals surface area (Å²) in [6.45, 7) is 3.76. The first kappa shape index (κ1) is 12.9. The van der Waals surface area contributed by atoms with Gasteiger partial charge in [0.25, 0.3) is 5.91 Å². The van der Waals surface area contributed by atoms with E-state index in [0.717, 1.165) is 0 Å². The first-order valence-electron chi connectivity index (χ1n) is 5.76. The van der Waals surface area contributed by atoms with Crippen LogP contribution in [0.15, 0.2) is 24.4 Å². The molecular formula is C12H15N5O2. The maximum Gasteiger partial charge on any atom is 0.269 e. The molecule has 2 aromatic rings. The molecule has 0 saturated heterocycles. The molecule has 0 unspecified atom stereocenters. The highest BCUT2D eigenvalue weighted by atomic mass is 16.5. The summed E-state index contributed by atoms with van der Waals surface area (Å²) in [6.07, 6.45) is 1.56. The molecule has 0 bridgehead atoms. The van der Waals surface area contributed by atoms with Crippen LogP contribution in [0.25, 0.3) is 5.82 Å². The zero-order chi connectivity index (χ0) is 14.0. The quantitative estimate of drug-likeness (QED) is 0.843. The van der Waals surface area contributed by atoms with Crippen LogP contribution in [0.3, 0.4) is 0 Å². The molecule has 0 atom stereocenters. The lowest BCUT2D eigenvalue weighted by atomic mass is 10.4. The third-order valence-electron chi connectivity index (χ3n) is 2.30. The number of nitrogens with zero attached hydrogens (tertiary/aromatic N) is 3. The van der Waals surface area contributed by atoms with Gasteiger partial charge in [0.1, 0.15) is 5.69 Å². The standard InChI is InChI=1S/C12H15N5O2/c1-7(2)19-12-8(13)3-4-10(15-12)17-6-5-9(16-17)11(14)18/h3-7H,13H2,1-2H3,(H2,14,18). The number of pyridine rings is 1. The van der Waals surface area contributed by atoms with Crippen LogP contribution in [-0.2, 0) is 0 Å².